The summed E-state index contributed by atoms with van der Waals surface area (Å²) >= 11 is 0. The molecule has 0 radical (unpaired) electrons. The van der Waals surface area contributed by atoms with Gasteiger partial charge in [-0.25, -0.2) is 4.98 Å². The summed E-state index contributed by atoms with van der Waals surface area (Å²) in [4.78, 5) is 20.8. The van der Waals surface area contributed by atoms with E-state index in [4.69, 9.17) is 14.2 Å². The van der Waals surface area contributed by atoms with Gasteiger partial charge in [0.05, 0.1) is 26.7 Å². The van der Waals surface area contributed by atoms with Crippen molar-refractivity contribution in [2.75, 3.05) is 53.1 Å². The molecule has 2 aliphatic heterocycles. The van der Waals surface area contributed by atoms with Crippen LogP contribution in [0.15, 0.2) is 36.9 Å². The lowest BCUT2D eigenvalue weighted by molar-refractivity contribution is -0.137. The summed E-state index contributed by atoms with van der Waals surface area (Å²) in [5.74, 6) is 1.88. The Morgan fingerprint density at radius 3 is 2.87 bits per heavy atom. The highest BCUT2D eigenvalue weighted by atomic mass is 16.5. The van der Waals surface area contributed by atoms with Crippen LogP contribution in [0, 0.1) is 5.92 Å². The van der Waals surface area contributed by atoms with Crippen molar-refractivity contribution in [1.82, 2.24) is 19.4 Å². The molecule has 4 rings (SSSR count). The van der Waals surface area contributed by atoms with Crippen LogP contribution in [0.25, 0.3) is 0 Å². The lowest BCUT2D eigenvalue weighted by Gasteiger charge is -2.33. The molecule has 2 aliphatic rings. The van der Waals surface area contributed by atoms with E-state index in [1.807, 2.05) is 30.9 Å². The molecular weight excluding hydrogens is 396 g/mol. The number of rotatable bonds is 8. The molecule has 1 unspecified atom stereocenters. The molecule has 2 aromatic rings. The van der Waals surface area contributed by atoms with Gasteiger partial charge in [0.2, 0.25) is 0 Å². The van der Waals surface area contributed by atoms with Crippen molar-refractivity contribution in [1.29, 1.82) is 0 Å². The molecule has 168 valence electrons. The first-order valence-electron chi connectivity index (χ1n) is 11.0. The fourth-order valence-corrected chi connectivity index (χ4v) is 4.37. The second kappa shape index (κ2) is 10.6. The number of aromatic nitrogens is 2. The van der Waals surface area contributed by atoms with Crippen molar-refractivity contribution >= 4 is 5.91 Å². The van der Waals surface area contributed by atoms with E-state index in [0.29, 0.717) is 43.7 Å². The van der Waals surface area contributed by atoms with Gasteiger partial charge in [-0.15, -0.1) is 0 Å². The Morgan fingerprint density at radius 1 is 1.23 bits per heavy atom. The molecule has 2 fully saturated rings. The molecule has 8 heteroatoms. The van der Waals surface area contributed by atoms with Gasteiger partial charge in [0.25, 0.3) is 5.91 Å². The van der Waals surface area contributed by atoms with Crippen LogP contribution in [0.1, 0.15) is 18.4 Å². The standard InChI is InChI=1S/C23H32N4O4/c1-29-22-13-19(4-5-21(22)31-17-23(28)27-9-11-30-12-10-27)14-25-7-2-3-20(15-25)16-26-8-6-24-18-26/h4-6,8,13,18,20H,2-3,7,9-12,14-17H2,1H3. The number of nitrogens with zero attached hydrogens (tertiary/aromatic N) is 4. The first-order chi connectivity index (χ1) is 15.2. The van der Waals surface area contributed by atoms with Gasteiger partial charge in [0.1, 0.15) is 0 Å². The van der Waals surface area contributed by atoms with Gasteiger partial charge in [-0.3, -0.25) is 9.69 Å². The van der Waals surface area contributed by atoms with E-state index in [1.165, 1.54) is 18.4 Å². The van der Waals surface area contributed by atoms with Crippen LogP contribution in [-0.2, 0) is 22.6 Å². The van der Waals surface area contributed by atoms with E-state index < -0.39 is 0 Å². The Morgan fingerprint density at radius 2 is 2.10 bits per heavy atom. The highest BCUT2D eigenvalue weighted by Crippen LogP contribution is 2.29. The number of piperidine rings is 1. The zero-order valence-electron chi connectivity index (χ0n) is 18.2. The minimum absolute atomic E-state index is 0.0117. The lowest BCUT2D eigenvalue weighted by atomic mass is 9.97. The van der Waals surface area contributed by atoms with Crippen LogP contribution in [0.5, 0.6) is 11.5 Å². The summed E-state index contributed by atoms with van der Waals surface area (Å²) in [6.45, 7) is 6.51. The SMILES string of the molecule is COc1cc(CN2CCCC(Cn3ccnc3)C2)ccc1OCC(=O)N1CCOCC1. The number of amides is 1. The molecule has 1 amide bonds. The zero-order valence-corrected chi connectivity index (χ0v) is 18.2. The Balaban J connectivity index is 1.31. The molecule has 3 heterocycles. The first kappa shape index (κ1) is 21.6. The van der Waals surface area contributed by atoms with Gasteiger partial charge in [-0.05, 0) is 43.0 Å². The Hall–Kier alpha value is -2.58. The van der Waals surface area contributed by atoms with Crippen molar-refractivity contribution < 1.29 is 19.0 Å². The summed E-state index contributed by atoms with van der Waals surface area (Å²) in [7, 11) is 1.64. The minimum Gasteiger partial charge on any atom is -0.493 e. The van der Waals surface area contributed by atoms with Crippen molar-refractivity contribution in [3.8, 4) is 11.5 Å². The number of imidazole rings is 1. The number of benzene rings is 1. The molecule has 0 N–H and O–H groups in total. The quantitative estimate of drug-likeness (QED) is 0.641. The van der Waals surface area contributed by atoms with Gasteiger partial charge >= 0.3 is 0 Å². The number of ether oxygens (including phenoxy) is 3. The fraction of sp³-hybridized carbons (Fsp3) is 0.565. The summed E-state index contributed by atoms with van der Waals surface area (Å²) in [6.07, 6.45) is 8.23. The highest BCUT2D eigenvalue weighted by molar-refractivity contribution is 5.78. The molecule has 1 aromatic carbocycles. The summed E-state index contributed by atoms with van der Waals surface area (Å²) in [5, 5.41) is 0. The van der Waals surface area contributed by atoms with Crippen molar-refractivity contribution in [2.24, 2.45) is 5.92 Å². The third-order valence-electron chi connectivity index (χ3n) is 5.98. The molecule has 0 aliphatic carbocycles. The fourth-order valence-electron chi connectivity index (χ4n) is 4.37. The van der Waals surface area contributed by atoms with E-state index in [9.17, 15) is 4.79 Å². The van der Waals surface area contributed by atoms with E-state index >= 15 is 0 Å². The Labute approximate surface area is 183 Å². The topological polar surface area (TPSA) is 69.1 Å². The number of carbonyl (C=O) groups excluding carboxylic acids is 1. The second-order valence-electron chi connectivity index (χ2n) is 8.27. The summed E-state index contributed by atoms with van der Waals surface area (Å²) in [5.41, 5.74) is 1.19. The van der Waals surface area contributed by atoms with E-state index in [1.54, 1.807) is 12.0 Å². The van der Waals surface area contributed by atoms with Crippen molar-refractivity contribution in [2.45, 2.75) is 25.9 Å². The highest BCUT2D eigenvalue weighted by Gasteiger charge is 2.21. The second-order valence-corrected chi connectivity index (χ2v) is 8.27. The van der Waals surface area contributed by atoms with Crippen LogP contribution < -0.4 is 9.47 Å². The van der Waals surface area contributed by atoms with Crippen LogP contribution in [0.2, 0.25) is 0 Å². The van der Waals surface area contributed by atoms with Crippen LogP contribution in [-0.4, -0.2) is 78.4 Å². The molecule has 0 bridgehead atoms. The smallest absolute Gasteiger partial charge is 0.260 e. The maximum Gasteiger partial charge on any atom is 0.260 e. The summed E-state index contributed by atoms with van der Waals surface area (Å²) in [6, 6.07) is 6.00. The first-order valence-corrected chi connectivity index (χ1v) is 11.0. The van der Waals surface area contributed by atoms with Gasteiger partial charge in [-0.1, -0.05) is 6.07 Å². The molecule has 1 aromatic heterocycles. The summed E-state index contributed by atoms with van der Waals surface area (Å²) < 4.78 is 18.8. The van der Waals surface area contributed by atoms with E-state index in [2.05, 4.69) is 20.5 Å². The maximum atomic E-state index is 12.3. The van der Waals surface area contributed by atoms with Crippen molar-refractivity contribution in [3.05, 3.63) is 42.5 Å². The zero-order chi connectivity index (χ0) is 21.5. The van der Waals surface area contributed by atoms with E-state index in [0.717, 1.165) is 26.2 Å². The number of hydrogen-bond donors (Lipinski definition) is 0. The minimum atomic E-state index is -0.0216. The third-order valence-corrected chi connectivity index (χ3v) is 5.98. The van der Waals surface area contributed by atoms with Crippen molar-refractivity contribution in [3.63, 3.8) is 0 Å². The Kier molecular flexibility index (Phi) is 7.43. The maximum absolute atomic E-state index is 12.3. The monoisotopic (exact) mass is 428 g/mol. The van der Waals surface area contributed by atoms with Crippen LogP contribution >= 0.6 is 0 Å². The predicted octanol–water partition coefficient (Wildman–Crippen LogP) is 2.04. The molecule has 2 saturated heterocycles. The Bertz CT molecular complexity index is 836. The number of carbonyl (C=O) groups is 1. The van der Waals surface area contributed by atoms with Crippen LogP contribution in [0.3, 0.4) is 0 Å². The molecule has 31 heavy (non-hydrogen) atoms. The normalized spacial score (nSPS) is 19.9. The van der Waals surface area contributed by atoms with Gasteiger partial charge in [-0.2, -0.15) is 0 Å². The van der Waals surface area contributed by atoms with Gasteiger partial charge < -0.3 is 23.7 Å². The molecule has 0 spiro atoms. The number of morpholine rings is 1. The predicted molar refractivity (Wildman–Crippen MR) is 116 cm³/mol. The molecule has 8 nitrogen and oxygen atoms in total. The largest absolute Gasteiger partial charge is 0.493 e. The average Bonchev–Trinajstić information content (AvgIpc) is 3.31. The van der Waals surface area contributed by atoms with Gasteiger partial charge in [0.15, 0.2) is 18.1 Å². The van der Waals surface area contributed by atoms with Crippen LogP contribution in [0.4, 0.5) is 0 Å². The van der Waals surface area contributed by atoms with E-state index in [-0.39, 0.29) is 12.5 Å². The molecule has 0 saturated carbocycles. The number of likely N-dealkylation sites (tertiary alicyclic amines) is 1. The lowest BCUT2D eigenvalue weighted by Crippen LogP contribution is -2.43. The third kappa shape index (κ3) is 5.98. The molecule has 1 atom stereocenters. The number of methoxy groups -OCH3 is 1. The van der Waals surface area contributed by atoms with Gasteiger partial charge in [0, 0.05) is 45.1 Å². The molecular formula is C23H32N4O4. The average molecular weight is 429 g/mol. The number of hydrogen-bond acceptors (Lipinski definition) is 6.